The van der Waals surface area contributed by atoms with E-state index in [0.717, 1.165) is 43.0 Å². The summed E-state index contributed by atoms with van der Waals surface area (Å²) in [7, 11) is 0. The Hall–Kier alpha value is -2.07. The number of amides is 1. The molecule has 2 aliphatic rings. The van der Waals surface area contributed by atoms with Gasteiger partial charge in [-0.1, -0.05) is 35.9 Å². The molecule has 1 aliphatic carbocycles. The van der Waals surface area contributed by atoms with Gasteiger partial charge in [0.2, 0.25) is 5.91 Å². The Morgan fingerprint density at radius 1 is 1.00 bits per heavy atom. The molecule has 2 aromatic carbocycles. The number of carbonyl (C=O) groups excluding carboxylic acids is 2. The van der Waals surface area contributed by atoms with Crippen molar-refractivity contribution in [1.29, 1.82) is 0 Å². The molecule has 5 heteroatoms. The van der Waals surface area contributed by atoms with E-state index in [1.807, 2.05) is 29.2 Å². The van der Waals surface area contributed by atoms with Gasteiger partial charge in [-0.2, -0.15) is 0 Å². The van der Waals surface area contributed by atoms with E-state index in [4.69, 9.17) is 16.3 Å². The van der Waals surface area contributed by atoms with Crippen LogP contribution in [-0.2, 0) is 9.59 Å². The molecule has 4 nitrogen and oxygen atoms in total. The second kappa shape index (κ2) is 6.68. The Kier molecular flexibility index (Phi) is 4.38. The molecule has 1 aliphatic heterocycles. The monoisotopic (exact) mass is 357 g/mol. The predicted octanol–water partition coefficient (Wildman–Crippen LogP) is 4.05. The van der Waals surface area contributed by atoms with Crippen LogP contribution in [0.3, 0.4) is 0 Å². The number of ether oxygens (including phenoxy) is 1. The Bertz CT molecular complexity index is 831. The fourth-order valence-electron chi connectivity index (χ4n) is 3.47. The number of rotatable bonds is 3. The third kappa shape index (κ3) is 3.36. The van der Waals surface area contributed by atoms with E-state index < -0.39 is 0 Å². The van der Waals surface area contributed by atoms with E-state index in [9.17, 15) is 9.59 Å². The Morgan fingerprint density at radius 3 is 2.52 bits per heavy atom. The molecule has 1 saturated carbocycles. The first-order valence-electron chi connectivity index (χ1n) is 8.81. The van der Waals surface area contributed by atoms with Gasteiger partial charge in [-0.15, -0.1) is 0 Å². The minimum absolute atomic E-state index is 0.190. The third-order valence-electron chi connectivity index (χ3n) is 5.03. The molecule has 130 valence electrons. The molecule has 0 radical (unpaired) electrons. The van der Waals surface area contributed by atoms with Gasteiger partial charge in [-0.25, -0.2) is 0 Å². The average molecular weight is 358 g/mol. The molecular weight excluding hydrogens is 338 g/mol. The highest BCUT2D eigenvalue weighted by molar-refractivity contribution is 6.35. The van der Waals surface area contributed by atoms with Gasteiger partial charge in [0.1, 0.15) is 5.75 Å². The number of piperidine rings is 1. The molecular formula is C20H20ClNO3. The molecule has 0 N–H and O–H groups in total. The molecule has 0 aromatic heterocycles. The molecule has 1 heterocycles. The van der Waals surface area contributed by atoms with E-state index in [0.29, 0.717) is 17.3 Å². The van der Waals surface area contributed by atoms with Crippen LogP contribution >= 0.6 is 11.6 Å². The normalized spacial score (nSPS) is 20.5. The van der Waals surface area contributed by atoms with Gasteiger partial charge in [0.15, 0.2) is 0 Å². The van der Waals surface area contributed by atoms with E-state index in [1.54, 1.807) is 12.1 Å². The van der Waals surface area contributed by atoms with Crippen molar-refractivity contribution in [2.45, 2.75) is 25.7 Å². The zero-order valence-electron chi connectivity index (χ0n) is 13.9. The maximum Gasteiger partial charge on any atom is 0.316 e. The van der Waals surface area contributed by atoms with E-state index >= 15 is 0 Å². The highest BCUT2D eigenvalue weighted by Crippen LogP contribution is 2.34. The lowest BCUT2D eigenvalue weighted by Crippen LogP contribution is -2.44. The van der Waals surface area contributed by atoms with Gasteiger partial charge in [-0.3, -0.25) is 9.59 Å². The van der Waals surface area contributed by atoms with Crippen molar-refractivity contribution in [3.8, 4) is 5.75 Å². The summed E-state index contributed by atoms with van der Waals surface area (Å²) >= 11 is 6.22. The summed E-state index contributed by atoms with van der Waals surface area (Å²) in [5.74, 6) is 0.395. The molecule has 2 fully saturated rings. The molecule has 4 rings (SSSR count). The zero-order valence-corrected chi connectivity index (χ0v) is 14.7. The minimum Gasteiger partial charge on any atom is -0.426 e. The van der Waals surface area contributed by atoms with Crippen LogP contribution in [0.4, 0.5) is 0 Å². The number of hydrogen-bond acceptors (Lipinski definition) is 3. The summed E-state index contributed by atoms with van der Waals surface area (Å²) < 4.78 is 5.69. The highest BCUT2D eigenvalue weighted by Gasteiger charge is 2.37. The second-order valence-corrected chi connectivity index (χ2v) is 7.32. The standard InChI is InChI=1S/C20H20ClNO3/c21-17-9-10-18(16-6-2-1-5-15(16)17)25-20(24)14-4-3-11-22(12-14)19(23)13-7-8-13/h1-2,5-6,9-10,13-14H,3-4,7-8,11-12H2. The predicted molar refractivity (Wildman–Crippen MR) is 96.6 cm³/mol. The number of esters is 1. The quantitative estimate of drug-likeness (QED) is 0.615. The number of hydrogen-bond donors (Lipinski definition) is 0. The van der Waals surface area contributed by atoms with Crippen LogP contribution < -0.4 is 4.74 Å². The van der Waals surface area contributed by atoms with Gasteiger partial charge < -0.3 is 9.64 Å². The van der Waals surface area contributed by atoms with Crippen molar-refractivity contribution in [2.75, 3.05) is 13.1 Å². The maximum absolute atomic E-state index is 12.7. The first-order valence-corrected chi connectivity index (χ1v) is 9.19. The fourth-order valence-corrected chi connectivity index (χ4v) is 3.70. The van der Waals surface area contributed by atoms with Crippen molar-refractivity contribution in [1.82, 2.24) is 4.90 Å². The van der Waals surface area contributed by atoms with Crippen LogP contribution in [0.2, 0.25) is 5.02 Å². The Morgan fingerprint density at radius 2 is 1.76 bits per heavy atom. The summed E-state index contributed by atoms with van der Waals surface area (Å²) in [5, 5.41) is 2.32. The number of halogens is 1. The number of fused-ring (bicyclic) bond motifs is 1. The molecule has 1 unspecified atom stereocenters. The largest absolute Gasteiger partial charge is 0.426 e. The van der Waals surface area contributed by atoms with Crippen LogP contribution in [-0.4, -0.2) is 29.9 Å². The van der Waals surface area contributed by atoms with Gasteiger partial charge in [-0.05, 0) is 37.8 Å². The Labute approximate surface area is 151 Å². The number of likely N-dealkylation sites (tertiary alicyclic amines) is 1. The van der Waals surface area contributed by atoms with Crippen molar-refractivity contribution < 1.29 is 14.3 Å². The molecule has 1 atom stereocenters. The van der Waals surface area contributed by atoms with E-state index in [2.05, 4.69) is 0 Å². The zero-order chi connectivity index (χ0) is 17.4. The second-order valence-electron chi connectivity index (χ2n) is 6.91. The summed E-state index contributed by atoms with van der Waals surface area (Å²) in [5.41, 5.74) is 0. The molecule has 0 bridgehead atoms. The van der Waals surface area contributed by atoms with Crippen LogP contribution in [0.15, 0.2) is 36.4 Å². The topological polar surface area (TPSA) is 46.6 Å². The number of carbonyl (C=O) groups is 2. The van der Waals surface area contributed by atoms with Gasteiger partial charge >= 0.3 is 5.97 Å². The Balaban J connectivity index is 1.50. The van der Waals surface area contributed by atoms with Crippen LogP contribution in [0.1, 0.15) is 25.7 Å². The minimum atomic E-state index is -0.263. The van der Waals surface area contributed by atoms with Crippen molar-refractivity contribution >= 4 is 34.2 Å². The lowest BCUT2D eigenvalue weighted by molar-refractivity contribution is -0.143. The fraction of sp³-hybridized carbons (Fsp3) is 0.400. The molecule has 25 heavy (non-hydrogen) atoms. The summed E-state index contributed by atoms with van der Waals surface area (Å²) in [6.45, 7) is 1.22. The molecule has 1 saturated heterocycles. The third-order valence-corrected chi connectivity index (χ3v) is 5.36. The molecule has 2 aromatic rings. The van der Waals surface area contributed by atoms with Gasteiger partial charge in [0.25, 0.3) is 0 Å². The van der Waals surface area contributed by atoms with Crippen LogP contribution in [0.5, 0.6) is 5.75 Å². The lowest BCUT2D eigenvalue weighted by Gasteiger charge is -2.31. The number of benzene rings is 2. The number of nitrogens with zero attached hydrogens (tertiary/aromatic N) is 1. The maximum atomic E-state index is 12.7. The molecule has 1 amide bonds. The molecule has 0 spiro atoms. The van der Waals surface area contributed by atoms with E-state index in [1.165, 1.54) is 0 Å². The summed E-state index contributed by atoms with van der Waals surface area (Å²) in [6, 6.07) is 11.1. The lowest BCUT2D eigenvalue weighted by atomic mass is 9.97. The smallest absolute Gasteiger partial charge is 0.316 e. The van der Waals surface area contributed by atoms with Crippen LogP contribution in [0, 0.1) is 11.8 Å². The van der Waals surface area contributed by atoms with Crippen LogP contribution in [0.25, 0.3) is 10.8 Å². The van der Waals surface area contributed by atoms with Gasteiger partial charge in [0.05, 0.1) is 5.92 Å². The van der Waals surface area contributed by atoms with Crippen molar-refractivity contribution in [3.05, 3.63) is 41.4 Å². The summed E-state index contributed by atoms with van der Waals surface area (Å²) in [6.07, 6.45) is 3.58. The SMILES string of the molecule is O=C(Oc1ccc(Cl)c2ccccc12)C1CCCN(C(=O)C2CC2)C1. The van der Waals surface area contributed by atoms with E-state index in [-0.39, 0.29) is 23.7 Å². The van der Waals surface area contributed by atoms with Crippen molar-refractivity contribution in [2.24, 2.45) is 11.8 Å². The average Bonchev–Trinajstić information content (AvgIpc) is 3.49. The van der Waals surface area contributed by atoms with Crippen molar-refractivity contribution in [3.63, 3.8) is 0 Å². The summed E-state index contributed by atoms with van der Waals surface area (Å²) in [4.78, 5) is 26.8. The first kappa shape index (κ1) is 16.4. The highest BCUT2D eigenvalue weighted by atomic mass is 35.5. The first-order chi connectivity index (χ1) is 12.1. The van der Waals surface area contributed by atoms with Gasteiger partial charge in [0, 0.05) is 34.8 Å².